The predicted molar refractivity (Wildman–Crippen MR) is 136 cm³/mol. The molecule has 10 heteroatoms. The number of ether oxygens (including phenoxy) is 2. The molecule has 0 saturated carbocycles. The van der Waals surface area contributed by atoms with E-state index in [2.05, 4.69) is 47.5 Å². The van der Waals surface area contributed by atoms with Gasteiger partial charge in [-0.2, -0.15) is 10.2 Å². The summed E-state index contributed by atoms with van der Waals surface area (Å²) in [5, 5.41) is 9.03. The van der Waals surface area contributed by atoms with Crippen LogP contribution >= 0.6 is 43.5 Å². The number of aryl methyl sites for hydroxylation is 1. The summed E-state index contributed by atoms with van der Waals surface area (Å²) >= 11 is 13.2. The number of hydrazone groups is 1. The molecule has 0 fully saturated rings. The van der Waals surface area contributed by atoms with E-state index in [0.717, 1.165) is 27.0 Å². The summed E-state index contributed by atoms with van der Waals surface area (Å²) in [5.74, 6) is 0.834. The van der Waals surface area contributed by atoms with Crippen LogP contribution in [-0.4, -0.2) is 28.5 Å². The van der Waals surface area contributed by atoms with Crippen LogP contribution in [0.1, 0.15) is 29.4 Å². The number of nitrogens with one attached hydrogen (secondary N) is 1. The summed E-state index contributed by atoms with van der Waals surface area (Å²) in [6.45, 7) is 6.49. The van der Waals surface area contributed by atoms with Crippen LogP contribution < -0.4 is 14.9 Å². The number of carbonyl (C=O) groups excluding carboxylic acids is 1. The first-order valence-electron chi connectivity index (χ1n) is 10.1. The zero-order valence-electron chi connectivity index (χ0n) is 18.4. The van der Waals surface area contributed by atoms with Gasteiger partial charge in [-0.05, 0) is 76.4 Å². The van der Waals surface area contributed by atoms with Crippen molar-refractivity contribution < 1.29 is 14.3 Å². The van der Waals surface area contributed by atoms with E-state index in [-0.39, 0.29) is 12.5 Å². The first-order valence-corrected chi connectivity index (χ1v) is 12.1. The van der Waals surface area contributed by atoms with E-state index in [1.807, 2.05) is 51.1 Å². The molecule has 7 nitrogen and oxygen atoms in total. The van der Waals surface area contributed by atoms with Crippen LogP contribution in [0.5, 0.6) is 11.5 Å². The van der Waals surface area contributed by atoms with E-state index in [9.17, 15) is 4.79 Å². The molecule has 0 aliphatic rings. The number of amides is 1. The van der Waals surface area contributed by atoms with Crippen LogP contribution in [-0.2, 0) is 17.9 Å². The topological polar surface area (TPSA) is 77.7 Å². The molecule has 3 rings (SSSR count). The molecule has 174 valence electrons. The van der Waals surface area contributed by atoms with Gasteiger partial charge in [0.25, 0.3) is 5.91 Å². The highest BCUT2D eigenvalue weighted by Gasteiger charge is 2.14. The van der Waals surface area contributed by atoms with Crippen molar-refractivity contribution >= 4 is 55.6 Å². The van der Waals surface area contributed by atoms with Gasteiger partial charge >= 0.3 is 0 Å². The quantitative estimate of drug-likeness (QED) is 0.249. The summed E-state index contributed by atoms with van der Waals surface area (Å²) in [6.07, 6.45) is 1.54. The maximum Gasteiger partial charge on any atom is 0.261 e. The molecule has 1 heterocycles. The van der Waals surface area contributed by atoms with Gasteiger partial charge in [0.2, 0.25) is 0 Å². The second-order valence-electron chi connectivity index (χ2n) is 7.08. The van der Waals surface area contributed by atoms with Gasteiger partial charge in [0, 0.05) is 10.6 Å². The molecule has 0 unspecified atom stereocenters. The zero-order valence-corrected chi connectivity index (χ0v) is 22.3. The van der Waals surface area contributed by atoms with Crippen molar-refractivity contribution in [2.24, 2.45) is 5.10 Å². The van der Waals surface area contributed by atoms with E-state index in [4.69, 9.17) is 21.1 Å². The average molecular weight is 599 g/mol. The van der Waals surface area contributed by atoms with E-state index in [0.29, 0.717) is 34.2 Å². The molecule has 1 N–H and O–H groups in total. The Bertz CT molecular complexity index is 1180. The minimum absolute atomic E-state index is 0.0678. The van der Waals surface area contributed by atoms with Crippen molar-refractivity contribution in [2.45, 2.75) is 33.9 Å². The van der Waals surface area contributed by atoms with E-state index in [1.54, 1.807) is 17.0 Å². The molecule has 3 aromatic rings. The molecule has 0 aliphatic heterocycles. The van der Waals surface area contributed by atoms with Crippen LogP contribution in [0.2, 0.25) is 5.02 Å². The number of aromatic nitrogens is 2. The molecular weight excluding hydrogens is 576 g/mol. The molecule has 1 amide bonds. The minimum atomic E-state index is -0.284. The average Bonchev–Trinajstić information content (AvgIpc) is 3.01. The van der Waals surface area contributed by atoms with Gasteiger partial charge in [-0.25, -0.2) is 5.43 Å². The Morgan fingerprint density at radius 2 is 2.00 bits per heavy atom. The third-order valence-corrected chi connectivity index (χ3v) is 6.76. The lowest BCUT2D eigenvalue weighted by molar-refractivity contribution is -0.121. The van der Waals surface area contributed by atoms with Gasteiger partial charge in [0.05, 0.1) is 33.2 Å². The number of hydrogen-bond donors (Lipinski definition) is 1. The number of nitrogens with zero attached hydrogens (tertiary/aromatic N) is 3. The Hall–Kier alpha value is -2.36. The number of carbonyl (C=O) groups is 1. The van der Waals surface area contributed by atoms with Gasteiger partial charge in [0.15, 0.2) is 11.5 Å². The van der Waals surface area contributed by atoms with Crippen LogP contribution in [0.25, 0.3) is 0 Å². The van der Waals surface area contributed by atoms with Crippen molar-refractivity contribution in [3.05, 3.63) is 72.9 Å². The first kappa shape index (κ1) is 25.3. The van der Waals surface area contributed by atoms with Crippen molar-refractivity contribution in [3.63, 3.8) is 0 Å². The third-order valence-electron chi connectivity index (χ3n) is 4.65. The lowest BCUT2D eigenvalue weighted by Gasteiger charge is -2.15. The van der Waals surface area contributed by atoms with Crippen molar-refractivity contribution in [1.82, 2.24) is 15.2 Å². The Balaban J connectivity index is 1.68. The van der Waals surface area contributed by atoms with E-state index >= 15 is 0 Å². The number of benzene rings is 2. The smallest absolute Gasteiger partial charge is 0.261 e. The Morgan fingerprint density at radius 1 is 1.24 bits per heavy atom. The second kappa shape index (κ2) is 11.7. The summed E-state index contributed by atoms with van der Waals surface area (Å²) in [5.41, 5.74) is 5.83. The molecule has 0 bridgehead atoms. The summed E-state index contributed by atoms with van der Waals surface area (Å²) in [6, 6.07) is 11.1. The standard InChI is InChI=1S/C23H23Br2ClN4O3/c1-4-32-20-10-16(9-18(24)23(20)33-13-17-7-5-6-8-19(17)26)11-27-28-21(31)12-30-15(3)22(25)14(2)29-30/h5-11H,4,12-13H2,1-3H3,(H,28,31). The van der Waals surface area contributed by atoms with Crippen molar-refractivity contribution in [1.29, 1.82) is 0 Å². The van der Waals surface area contributed by atoms with Gasteiger partial charge in [0.1, 0.15) is 13.2 Å². The normalized spacial score (nSPS) is 11.1. The van der Waals surface area contributed by atoms with Crippen molar-refractivity contribution in [2.75, 3.05) is 6.61 Å². The van der Waals surface area contributed by atoms with E-state index < -0.39 is 0 Å². The minimum Gasteiger partial charge on any atom is -0.490 e. The Kier molecular flexibility index (Phi) is 8.94. The highest BCUT2D eigenvalue weighted by molar-refractivity contribution is 9.10. The maximum atomic E-state index is 12.2. The molecule has 0 radical (unpaired) electrons. The molecule has 0 spiro atoms. The molecule has 0 aliphatic carbocycles. The molecular formula is C23H23Br2ClN4O3. The highest BCUT2D eigenvalue weighted by atomic mass is 79.9. The monoisotopic (exact) mass is 596 g/mol. The Labute approximate surface area is 214 Å². The fourth-order valence-electron chi connectivity index (χ4n) is 3.01. The van der Waals surface area contributed by atoms with Crippen LogP contribution in [0.15, 0.2) is 50.4 Å². The van der Waals surface area contributed by atoms with Crippen LogP contribution in [0.3, 0.4) is 0 Å². The molecule has 33 heavy (non-hydrogen) atoms. The zero-order chi connectivity index (χ0) is 24.0. The van der Waals surface area contributed by atoms with Gasteiger partial charge < -0.3 is 9.47 Å². The molecule has 0 saturated heterocycles. The number of rotatable bonds is 9. The summed E-state index contributed by atoms with van der Waals surface area (Å²) in [7, 11) is 0. The largest absolute Gasteiger partial charge is 0.490 e. The van der Waals surface area contributed by atoms with E-state index in [1.165, 1.54) is 0 Å². The summed E-state index contributed by atoms with van der Waals surface area (Å²) < 4.78 is 15.0. The van der Waals surface area contributed by atoms with Crippen molar-refractivity contribution in [3.8, 4) is 11.5 Å². The fraction of sp³-hybridized carbons (Fsp3) is 0.261. The molecule has 0 atom stereocenters. The third kappa shape index (κ3) is 6.59. The second-order valence-corrected chi connectivity index (χ2v) is 9.13. The van der Waals surface area contributed by atoms with Gasteiger partial charge in [-0.15, -0.1) is 0 Å². The number of halogens is 3. The molecule has 1 aromatic heterocycles. The highest BCUT2D eigenvalue weighted by Crippen LogP contribution is 2.37. The lowest BCUT2D eigenvalue weighted by Crippen LogP contribution is -2.24. The molecule has 2 aromatic carbocycles. The lowest BCUT2D eigenvalue weighted by atomic mass is 10.2. The van der Waals surface area contributed by atoms with Gasteiger partial charge in [-0.3, -0.25) is 9.48 Å². The first-order chi connectivity index (χ1) is 15.8. The maximum absolute atomic E-state index is 12.2. The SMILES string of the molecule is CCOc1cc(C=NNC(=O)Cn2nc(C)c(Br)c2C)cc(Br)c1OCc1ccccc1Cl. The number of hydrogen-bond acceptors (Lipinski definition) is 5. The fourth-order valence-corrected chi connectivity index (χ4v) is 4.06. The van der Waals surface area contributed by atoms with Crippen LogP contribution in [0, 0.1) is 13.8 Å². The Morgan fingerprint density at radius 3 is 2.67 bits per heavy atom. The predicted octanol–water partition coefficient (Wildman–Crippen LogP) is 5.81. The van der Waals surface area contributed by atoms with Crippen LogP contribution in [0.4, 0.5) is 0 Å². The summed E-state index contributed by atoms with van der Waals surface area (Å²) in [4.78, 5) is 12.2. The van der Waals surface area contributed by atoms with Gasteiger partial charge in [-0.1, -0.05) is 29.8 Å².